The summed E-state index contributed by atoms with van der Waals surface area (Å²) in [6, 6.07) is 6.82. The van der Waals surface area contributed by atoms with Gasteiger partial charge in [-0.15, -0.1) is 0 Å². The van der Waals surface area contributed by atoms with E-state index in [9.17, 15) is 9.59 Å². The van der Waals surface area contributed by atoms with Gasteiger partial charge in [-0.2, -0.15) is 0 Å². The van der Waals surface area contributed by atoms with Gasteiger partial charge in [-0.3, -0.25) is 9.59 Å². The molecule has 1 heterocycles. The monoisotopic (exact) mass is 318 g/mol. The number of hydrogen-bond donors (Lipinski definition) is 2. The molecular formula is C18H26N2O3. The number of ether oxygens (including phenoxy) is 1. The van der Waals surface area contributed by atoms with Gasteiger partial charge in [-0.05, 0) is 42.5 Å². The van der Waals surface area contributed by atoms with E-state index >= 15 is 0 Å². The molecule has 0 saturated carbocycles. The summed E-state index contributed by atoms with van der Waals surface area (Å²) in [6.07, 6.45) is 1.91. The van der Waals surface area contributed by atoms with Crippen molar-refractivity contribution in [1.82, 2.24) is 10.6 Å². The summed E-state index contributed by atoms with van der Waals surface area (Å²) in [4.78, 5) is 24.2. The van der Waals surface area contributed by atoms with Crippen molar-refractivity contribution >= 4 is 11.8 Å². The molecule has 5 heteroatoms. The Balaban J connectivity index is 1.90. The molecule has 1 unspecified atom stereocenters. The maximum absolute atomic E-state index is 12.2. The van der Waals surface area contributed by atoms with E-state index in [1.54, 1.807) is 24.3 Å². The summed E-state index contributed by atoms with van der Waals surface area (Å²) < 4.78 is 5.36. The molecule has 2 N–H and O–H groups in total. The standard InChI is InChI=1S/C18H26N2O3/c1-18(2,3)12-19-16(21)13-6-8-14(9-7-13)17(22)20-15-5-4-10-23-11-15/h6-9,15H,4-5,10-12H2,1-3H3,(H,19,21)(H,20,22). The van der Waals surface area contributed by atoms with Gasteiger partial charge in [-0.25, -0.2) is 0 Å². The molecule has 2 rings (SSSR count). The molecule has 1 aromatic rings. The van der Waals surface area contributed by atoms with Crippen molar-refractivity contribution in [2.75, 3.05) is 19.8 Å². The molecule has 126 valence electrons. The lowest BCUT2D eigenvalue weighted by Gasteiger charge is -2.23. The van der Waals surface area contributed by atoms with E-state index in [2.05, 4.69) is 31.4 Å². The largest absolute Gasteiger partial charge is 0.379 e. The lowest BCUT2D eigenvalue weighted by atomic mass is 9.97. The van der Waals surface area contributed by atoms with Gasteiger partial charge in [0.15, 0.2) is 0 Å². The highest BCUT2D eigenvalue weighted by Gasteiger charge is 2.18. The molecule has 1 aliphatic rings. The quantitative estimate of drug-likeness (QED) is 0.895. The molecule has 5 nitrogen and oxygen atoms in total. The van der Waals surface area contributed by atoms with E-state index in [0.717, 1.165) is 19.4 Å². The fourth-order valence-electron chi connectivity index (χ4n) is 2.34. The van der Waals surface area contributed by atoms with Gasteiger partial charge in [0.2, 0.25) is 0 Å². The van der Waals surface area contributed by atoms with Gasteiger partial charge in [0.1, 0.15) is 0 Å². The van der Waals surface area contributed by atoms with Crippen molar-refractivity contribution in [1.29, 1.82) is 0 Å². The third-order valence-corrected chi connectivity index (χ3v) is 3.68. The summed E-state index contributed by atoms with van der Waals surface area (Å²) in [5, 5.41) is 5.86. The Labute approximate surface area is 137 Å². The first-order valence-corrected chi connectivity index (χ1v) is 8.12. The van der Waals surface area contributed by atoms with Gasteiger partial charge in [0, 0.05) is 24.3 Å². The summed E-state index contributed by atoms with van der Waals surface area (Å²) in [5.74, 6) is -0.241. The molecule has 0 aliphatic carbocycles. The van der Waals surface area contributed by atoms with E-state index in [4.69, 9.17) is 4.74 Å². The van der Waals surface area contributed by atoms with Crippen LogP contribution in [0.1, 0.15) is 54.3 Å². The van der Waals surface area contributed by atoms with Crippen molar-refractivity contribution in [2.24, 2.45) is 5.41 Å². The van der Waals surface area contributed by atoms with Gasteiger partial charge in [0.25, 0.3) is 11.8 Å². The predicted octanol–water partition coefficient (Wildman–Crippen LogP) is 2.37. The smallest absolute Gasteiger partial charge is 0.251 e. The van der Waals surface area contributed by atoms with Crippen LogP contribution in [-0.4, -0.2) is 37.6 Å². The van der Waals surface area contributed by atoms with Gasteiger partial charge in [-0.1, -0.05) is 20.8 Å². The maximum atomic E-state index is 12.2. The van der Waals surface area contributed by atoms with Crippen molar-refractivity contribution in [3.63, 3.8) is 0 Å². The first kappa shape index (κ1) is 17.5. The lowest BCUT2D eigenvalue weighted by Crippen LogP contribution is -2.40. The van der Waals surface area contributed by atoms with Crippen LogP contribution in [0.25, 0.3) is 0 Å². The minimum absolute atomic E-state index is 0.0392. The molecule has 1 atom stereocenters. The van der Waals surface area contributed by atoms with Crippen molar-refractivity contribution in [3.05, 3.63) is 35.4 Å². The fraction of sp³-hybridized carbons (Fsp3) is 0.556. The molecule has 1 aliphatic heterocycles. The SMILES string of the molecule is CC(C)(C)CNC(=O)c1ccc(C(=O)NC2CCCOC2)cc1. The Morgan fingerprint density at radius 2 is 1.74 bits per heavy atom. The Morgan fingerprint density at radius 1 is 1.13 bits per heavy atom. The minimum atomic E-state index is -0.123. The third kappa shape index (κ3) is 5.67. The van der Waals surface area contributed by atoms with E-state index in [-0.39, 0.29) is 23.3 Å². The summed E-state index contributed by atoms with van der Waals surface area (Å²) in [5.41, 5.74) is 1.16. The molecule has 0 spiro atoms. The van der Waals surface area contributed by atoms with Crippen LogP contribution in [0.15, 0.2) is 24.3 Å². The molecule has 1 fully saturated rings. The first-order valence-electron chi connectivity index (χ1n) is 8.12. The molecule has 23 heavy (non-hydrogen) atoms. The van der Waals surface area contributed by atoms with Crippen molar-refractivity contribution in [2.45, 2.75) is 39.7 Å². The molecule has 0 radical (unpaired) electrons. The number of carbonyl (C=O) groups excluding carboxylic acids is 2. The van der Waals surface area contributed by atoms with Crippen LogP contribution in [0.5, 0.6) is 0 Å². The molecular weight excluding hydrogens is 292 g/mol. The number of rotatable bonds is 4. The zero-order chi connectivity index (χ0) is 16.9. The zero-order valence-corrected chi connectivity index (χ0v) is 14.1. The van der Waals surface area contributed by atoms with Crippen LogP contribution in [-0.2, 0) is 4.74 Å². The lowest BCUT2D eigenvalue weighted by molar-refractivity contribution is 0.0624. The summed E-state index contributed by atoms with van der Waals surface area (Å²) in [7, 11) is 0. The first-order chi connectivity index (χ1) is 10.8. The zero-order valence-electron chi connectivity index (χ0n) is 14.1. The van der Waals surface area contributed by atoms with E-state index < -0.39 is 0 Å². The molecule has 0 bridgehead atoms. The average Bonchev–Trinajstić information content (AvgIpc) is 2.53. The van der Waals surface area contributed by atoms with Gasteiger partial charge in [0.05, 0.1) is 12.6 Å². The Bertz CT molecular complexity index is 540. The Hall–Kier alpha value is -1.88. The number of benzene rings is 1. The van der Waals surface area contributed by atoms with Crippen LogP contribution in [0.2, 0.25) is 0 Å². The van der Waals surface area contributed by atoms with Crippen LogP contribution in [0, 0.1) is 5.41 Å². The van der Waals surface area contributed by atoms with Crippen LogP contribution < -0.4 is 10.6 Å². The molecule has 2 amide bonds. The fourth-order valence-corrected chi connectivity index (χ4v) is 2.34. The second-order valence-electron chi connectivity index (χ2n) is 7.21. The Kier molecular flexibility index (Phi) is 5.77. The minimum Gasteiger partial charge on any atom is -0.379 e. The topological polar surface area (TPSA) is 67.4 Å². The third-order valence-electron chi connectivity index (χ3n) is 3.68. The number of amides is 2. The number of hydrogen-bond acceptors (Lipinski definition) is 3. The van der Waals surface area contributed by atoms with Gasteiger partial charge < -0.3 is 15.4 Å². The number of carbonyl (C=O) groups is 2. The highest BCUT2D eigenvalue weighted by molar-refractivity contribution is 5.97. The van der Waals surface area contributed by atoms with Crippen LogP contribution in [0.4, 0.5) is 0 Å². The van der Waals surface area contributed by atoms with E-state index in [0.29, 0.717) is 24.3 Å². The molecule has 0 aromatic heterocycles. The summed E-state index contributed by atoms with van der Waals surface area (Å²) >= 11 is 0. The molecule has 1 aromatic carbocycles. The highest BCUT2D eigenvalue weighted by Crippen LogP contribution is 2.12. The van der Waals surface area contributed by atoms with Crippen molar-refractivity contribution in [3.8, 4) is 0 Å². The van der Waals surface area contributed by atoms with Crippen molar-refractivity contribution < 1.29 is 14.3 Å². The second-order valence-corrected chi connectivity index (χ2v) is 7.21. The second kappa shape index (κ2) is 7.59. The number of nitrogens with one attached hydrogen (secondary N) is 2. The highest BCUT2D eigenvalue weighted by atomic mass is 16.5. The summed E-state index contributed by atoms with van der Waals surface area (Å²) in [6.45, 7) is 8.14. The average molecular weight is 318 g/mol. The predicted molar refractivity (Wildman–Crippen MR) is 89.5 cm³/mol. The molecule has 1 saturated heterocycles. The van der Waals surface area contributed by atoms with Gasteiger partial charge >= 0.3 is 0 Å². The maximum Gasteiger partial charge on any atom is 0.251 e. The normalized spacial score (nSPS) is 18.3. The Morgan fingerprint density at radius 3 is 2.26 bits per heavy atom. The van der Waals surface area contributed by atoms with Crippen LogP contribution >= 0.6 is 0 Å². The van der Waals surface area contributed by atoms with E-state index in [1.807, 2.05) is 0 Å². The van der Waals surface area contributed by atoms with Crippen LogP contribution in [0.3, 0.4) is 0 Å². The van der Waals surface area contributed by atoms with E-state index in [1.165, 1.54) is 0 Å².